The summed E-state index contributed by atoms with van der Waals surface area (Å²) in [5, 5.41) is 3.00. The van der Waals surface area contributed by atoms with E-state index in [2.05, 4.69) is 19.2 Å². The maximum absolute atomic E-state index is 12.3. The number of carbonyl (C=O) groups is 1. The molecular formula is C15H22N2OS. The summed E-state index contributed by atoms with van der Waals surface area (Å²) in [6.07, 6.45) is 4.34. The number of rotatable bonds is 5. The Morgan fingerprint density at radius 2 is 2.00 bits per heavy atom. The Morgan fingerprint density at radius 1 is 1.37 bits per heavy atom. The van der Waals surface area contributed by atoms with Crippen LogP contribution in [0.3, 0.4) is 0 Å². The number of hydrogen-bond donors (Lipinski definition) is 1. The molecule has 1 fully saturated rings. The lowest BCUT2D eigenvalue weighted by atomic mass is 10.2. The van der Waals surface area contributed by atoms with Crippen molar-refractivity contribution in [2.45, 2.75) is 37.6 Å². The van der Waals surface area contributed by atoms with Crippen molar-refractivity contribution in [3.63, 3.8) is 0 Å². The largest absolute Gasteiger partial charge is 0.322 e. The fraction of sp³-hybridized carbons (Fsp3) is 0.533. The zero-order valence-corrected chi connectivity index (χ0v) is 12.7. The highest BCUT2D eigenvalue weighted by Crippen LogP contribution is 2.28. The summed E-state index contributed by atoms with van der Waals surface area (Å²) in [6.45, 7) is 5.13. The molecule has 4 heteroatoms. The zero-order chi connectivity index (χ0) is 13.8. The van der Waals surface area contributed by atoms with Crippen molar-refractivity contribution >= 4 is 23.5 Å². The van der Waals surface area contributed by atoms with Gasteiger partial charge in [-0.05, 0) is 49.3 Å². The van der Waals surface area contributed by atoms with Crippen molar-refractivity contribution < 1.29 is 4.79 Å². The fourth-order valence-electron chi connectivity index (χ4n) is 2.05. The molecule has 0 heterocycles. The monoisotopic (exact) mass is 278 g/mol. The van der Waals surface area contributed by atoms with E-state index < -0.39 is 0 Å². The summed E-state index contributed by atoms with van der Waals surface area (Å²) in [6, 6.07) is 8.48. The molecule has 1 aliphatic rings. The minimum absolute atomic E-state index is 0.0353. The third-order valence-corrected chi connectivity index (χ3v) is 3.90. The van der Waals surface area contributed by atoms with Crippen LogP contribution in [0.5, 0.6) is 0 Å². The molecule has 1 aromatic carbocycles. The molecule has 0 atom stereocenters. The van der Waals surface area contributed by atoms with E-state index in [9.17, 15) is 4.79 Å². The van der Waals surface area contributed by atoms with E-state index in [4.69, 9.17) is 0 Å². The number of hydrogen-bond acceptors (Lipinski definition) is 2. The van der Waals surface area contributed by atoms with Gasteiger partial charge in [-0.15, -0.1) is 11.8 Å². The van der Waals surface area contributed by atoms with Crippen LogP contribution in [-0.4, -0.2) is 29.8 Å². The quantitative estimate of drug-likeness (QED) is 0.824. The highest BCUT2D eigenvalue weighted by Gasteiger charge is 2.32. The lowest BCUT2D eigenvalue weighted by molar-refractivity contribution is 0.201. The topological polar surface area (TPSA) is 32.3 Å². The molecule has 0 aromatic heterocycles. The Labute approximate surface area is 119 Å². The van der Waals surface area contributed by atoms with Crippen LogP contribution in [0.1, 0.15) is 26.7 Å². The van der Waals surface area contributed by atoms with Crippen molar-refractivity contribution in [1.29, 1.82) is 0 Å². The van der Waals surface area contributed by atoms with Gasteiger partial charge in [0.25, 0.3) is 0 Å². The molecule has 0 spiro atoms. The SMILES string of the molecule is CSc1ccc(NC(=O)N(CC(C)C)C2CC2)cc1. The average molecular weight is 278 g/mol. The molecule has 3 nitrogen and oxygen atoms in total. The number of nitrogens with one attached hydrogen (secondary N) is 1. The number of benzene rings is 1. The first-order valence-corrected chi connectivity index (χ1v) is 8.04. The average Bonchev–Trinajstić information content (AvgIpc) is 3.21. The molecule has 0 aliphatic heterocycles. The Balaban J connectivity index is 1.97. The third kappa shape index (κ3) is 4.16. The van der Waals surface area contributed by atoms with E-state index in [1.54, 1.807) is 11.8 Å². The number of thioether (sulfide) groups is 1. The minimum atomic E-state index is 0.0353. The Kier molecular flexibility index (Phi) is 4.75. The van der Waals surface area contributed by atoms with Crippen molar-refractivity contribution in [2.75, 3.05) is 18.1 Å². The van der Waals surface area contributed by atoms with Gasteiger partial charge in [0.1, 0.15) is 0 Å². The van der Waals surface area contributed by atoms with Crippen LogP contribution in [0.25, 0.3) is 0 Å². The normalized spacial score (nSPS) is 14.5. The second-order valence-corrected chi connectivity index (χ2v) is 6.32. The van der Waals surface area contributed by atoms with Gasteiger partial charge in [0.2, 0.25) is 0 Å². The van der Waals surface area contributed by atoms with Gasteiger partial charge in [0.05, 0.1) is 0 Å². The zero-order valence-electron chi connectivity index (χ0n) is 11.8. The summed E-state index contributed by atoms with van der Waals surface area (Å²) in [5.74, 6) is 0.505. The molecule has 19 heavy (non-hydrogen) atoms. The lowest BCUT2D eigenvalue weighted by Gasteiger charge is -2.24. The second-order valence-electron chi connectivity index (χ2n) is 5.44. The molecule has 104 valence electrons. The van der Waals surface area contributed by atoms with E-state index in [1.165, 1.54) is 4.90 Å². The van der Waals surface area contributed by atoms with Gasteiger partial charge < -0.3 is 10.2 Å². The number of carbonyl (C=O) groups excluding carboxylic acids is 1. The van der Waals surface area contributed by atoms with Gasteiger partial charge in [-0.3, -0.25) is 0 Å². The smallest absolute Gasteiger partial charge is 0.321 e. The van der Waals surface area contributed by atoms with Gasteiger partial charge in [0.15, 0.2) is 0 Å². The Bertz CT molecular complexity index is 426. The molecule has 0 unspecified atom stereocenters. The Morgan fingerprint density at radius 3 is 2.47 bits per heavy atom. The summed E-state index contributed by atoms with van der Waals surface area (Å²) in [5.41, 5.74) is 0.872. The third-order valence-electron chi connectivity index (χ3n) is 3.15. The fourth-order valence-corrected chi connectivity index (χ4v) is 2.46. The molecule has 1 aromatic rings. The van der Waals surface area contributed by atoms with Crippen LogP contribution in [0.2, 0.25) is 0 Å². The predicted octanol–water partition coefficient (Wildman–Crippen LogP) is 4.06. The first-order valence-electron chi connectivity index (χ1n) is 6.82. The van der Waals surface area contributed by atoms with Gasteiger partial charge in [-0.2, -0.15) is 0 Å². The molecule has 0 bridgehead atoms. The molecule has 1 aliphatic carbocycles. The maximum Gasteiger partial charge on any atom is 0.322 e. The van der Waals surface area contributed by atoms with Crippen LogP contribution in [0, 0.1) is 5.92 Å². The van der Waals surface area contributed by atoms with E-state index in [0.29, 0.717) is 12.0 Å². The molecule has 1 N–H and O–H groups in total. The molecule has 0 radical (unpaired) electrons. The summed E-state index contributed by atoms with van der Waals surface area (Å²) in [4.78, 5) is 15.5. The summed E-state index contributed by atoms with van der Waals surface area (Å²) in [7, 11) is 0. The predicted molar refractivity (Wildman–Crippen MR) is 81.8 cm³/mol. The molecule has 0 saturated heterocycles. The van der Waals surface area contributed by atoms with Crippen molar-refractivity contribution in [3.05, 3.63) is 24.3 Å². The molecule has 2 rings (SSSR count). The summed E-state index contributed by atoms with van der Waals surface area (Å²) < 4.78 is 0. The molecular weight excluding hydrogens is 256 g/mol. The van der Waals surface area contributed by atoms with Crippen LogP contribution in [-0.2, 0) is 0 Å². The van der Waals surface area contributed by atoms with E-state index >= 15 is 0 Å². The van der Waals surface area contributed by atoms with Gasteiger partial charge in [-0.1, -0.05) is 13.8 Å². The van der Waals surface area contributed by atoms with Gasteiger partial charge >= 0.3 is 6.03 Å². The maximum atomic E-state index is 12.3. The highest BCUT2D eigenvalue weighted by molar-refractivity contribution is 7.98. The minimum Gasteiger partial charge on any atom is -0.321 e. The van der Waals surface area contributed by atoms with Crippen molar-refractivity contribution in [3.8, 4) is 0 Å². The van der Waals surface area contributed by atoms with E-state index in [1.807, 2.05) is 35.4 Å². The lowest BCUT2D eigenvalue weighted by Crippen LogP contribution is -2.39. The molecule has 2 amide bonds. The second kappa shape index (κ2) is 6.33. The van der Waals surface area contributed by atoms with Crippen LogP contribution < -0.4 is 5.32 Å². The highest BCUT2D eigenvalue weighted by atomic mass is 32.2. The number of urea groups is 1. The number of amides is 2. The van der Waals surface area contributed by atoms with Gasteiger partial charge in [-0.25, -0.2) is 4.79 Å². The van der Waals surface area contributed by atoms with Crippen molar-refractivity contribution in [1.82, 2.24) is 4.90 Å². The van der Waals surface area contributed by atoms with Crippen molar-refractivity contribution in [2.24, 2.45) is 5.92 Å². The van der Waals surface area contributed by atoms with Crippen LogP contribution in [0.4, 0.5) is 10.5 Å². The first-order chi connectivity index (χ1) is 9.10. The summed E-state index contributed by atoms with van der Waals surface area (Å²) >= 11 is 1.70. The van der Waals surface area contributed by atoms with Gasteiger partial charge in [0, 0.05) is 23.2 Å². The number of nitrogens with zero attached hydrogens (tertiary/aromatic N) is 1. The van der Waals surface area contributed by atoms with E-state index in [0.717, 1.165) is 25.1 Å². The number of anilines is 1. The first kappa shape index (κ1) is 14.3. The molecule has 1 saturated carbocycles. The van der Waals surface area contributed by atoms with Crippen LogP contribution in [0.15, 0.2) is 29.2 Å². The van der Waals surface area contributed by atoms with E-state index in [-0.39, 0.29) is 6.03 Å². The standard InChI is InChI=1S/C15H22N2OS/c1-11(2)10-17(13-6-7-13)15(18)16-12-4-8-14(19-3)9-5-12/h4-5,8-9,11,13H,6-7,10H2,1-3H3,(H,16,18). The Hall–Kier alpha value is -1.16. The van der Waals surface area contributed by atoms with Crippen LogP contribution >= 0.6 is 11.8 Å².